The van der Waals surface area contributed by atoms with Crippen molar-refractivity contribution < 1.29 is 14.3 Å². The largest absolute Gasteiger partial charge is 0.444 e. The first-order chi connectivity index (χ1) is 13.2. The highest BCUT2D eigenvalue weighted by Gasteiger charge is 2.29. The molecule has 0 spiro atoms. The molecule has 3 rings (SSSR count). The van der Waals surface area contributed by atoms with Gasteiger partial charge in [0.25, 0.3) is 0 Å². The summed E-state index contributed by atoms with van der Waals surface area (Å²) in [7, 11) is 0. The molecule has 1 aromatic carbocycles. The van der Waals surface area contributed by atoms with Gasteiger partial charge in [0.1, 0.15) is 5.60 Å². The number of piperidine rings is 1. The molecule has 1 saturated heterocycles. The number of benzene rings is 1. The fourth-order valence-corrected chi connectivity index (χ4v) is 3.76. The minimum atomic E-state index is -0.494. The number of hydrogen-bond acceptors (Lipinski definition) is 3. The van der Waals surface area contributed by atoms with Crippen LogP contribution in [0, 0.1) is 12.8 Å². The summed E-state index contributed by atoms with van der Waals surface area (Å²) in [5.74, 6) is 0.0454. The van der Waals surface area contributed by atoms with Crippen LogP contribution in [0.2, 0.25) is 0 Å². The third-order valence-electron chi connectivity index (χ3n) is 5.22. The Balaban J connectivity index is 1.46. The number of ether oxygens (including phenoxy) is 1. The number of H-pyrrole nitrogens is 1. The Hall–Kier alpha value is -2.50. The van der Waals surface area contributed by atoms with Crippen molar-refractivity contribution in [3.05, 3.63) is 35.5 Å². The lowest BCUT2D eigenvalue weighted by atomic mass is 9.96. The molecule has 2 aromatic rings. The predicted octanol–water partition coefficient (Wildman–Crippen LogP) is 3.78. The molecule has 0 aliphatic carbocycles. The van der Waals surface area contributed by atoms with Crippen molar-refractivity contribution in [3.8, 4) is 0 Å². The molecule has 2 N–H and O–H groups in total. The summed E-state index contributed by atoms with van der Waals surface area (Å²) >= 11 is 0. The van der Waals surface area contributed by atoms with Gasteiger partial charge in [-0.25, -0.2) is 4.79 Å². The molecule has 152 valence electrons. The highest BCUT2D eigenvalue weighted by Crippen LogP contribution is 2.23. The second-order valence-corrected chi connectivity index (χ2v) is 8.56. The van der Waals surface area contributed by atoms with Crippen molar-refractivity contribution in [1.29, 1.82) is 0 Å². The number of nitrogens with zero attached hydrogens (tertiary/aromatic N) is 1. The van der Waals surface area contributed by atoms with Crippen LogP contribution in [0.15, 0.2) is 24.3 Å². The molecule has 0 unspecified atom stereocenters. The van der Waals surface area contributed by atoms with E-state index in [4.69, 9.17) is 4.74 Å². The zero-order valence-electron chi connectivity index (χ0n) is 17.3. The van der Waals surface area contributed by atoms with Gasteiger partial charge in [0.05, 0.1) is 0 Å². The Morgan fingerprint density at radius 1 is 1.21 bits per heavy atom. The fraction of sp³-hybridized carbons (Fsp3) is 0.545. The standard InChI is InChI=1S/C22H31N3O3/c1-15-17(18-7-5-6-8-19(18)24-15)9-12-23-20(26)16-10-13-25(14-11-16)21(27)28-22(2,3)4/h5-8,16,24H,9-14H2,1-4H3,(H,23,26). The van der Waals surface area contributed by atoms with Crippen molar-refractivity contribution in [2.45, 2.75) is 52.6 Å². The van der Waals surface area contributed by atoms with E-state index >= 15 is 0 Å². The number of fused-ring (bicyclic) bond motifs is 1. The first kappa shape index (κ1) is 20.2. The SMILES string of the molecule is Cc1[nH]c2ccccc2c1CCNC(=O)C1CCN(C(=O)OC(C)(C)C)CC1. The number of hydrogen-bond donors (Lipinski definition) is 2. The lowest BCUT2D eigenvalue weighted by Gasteiger charge is -2.32. The van der Waals surface area contributed by atoms with Crippen LogP contribution in [0.25, 0.3) is 10.9 Å². The van der Waals surface area contributed by atoms with Gasteiger partial charge < -0.3 is 19.9 Å². The molecule has 28 heavy (non-hydrogen) atoms. The molecule has 0 bridgehead atoms. The van der Waals surface area contributed by atoms with E-state index in [0.717, 1.165) is 17.6 Å². The number of para-hydroxylation sites is 1. The Labute approximate surface area is 166 Å². The molecule has 1 fully saturated rings. The summed E-state index contributed by atoms with van der Waals surface area (Å²) in [6, 6.07) is 8.24. The van der Waals surface area contributed by atoms with Crippen LogP contribution in [0.4, 0.5) is 4.79 Å². The lowest BCUT2D eigenvalue weighted by molar-refractivity contribution is -0.126. The number of amides is 2. The predicted molar refractivity (Wildman–Crippen MR) is 110 cm³/mol. The molecule has 0 atom stereocenters. The zero-order valence-corrected chi connectivity index (χ0v) is 17.3. The Morgan fingerprint density at radius 3 is 2.57 bits per heavy atom. The smallest absolute Gasteiger partial charge is 0.410 e. The molecular weight excluding hydrogens is 354 g/mol. The maximum atomic E-state index is 12.5. The quantitative estimate of drug-likeness (QED) is 0.841. The molecule has 0 saturated carbocycles. The minimum absolute atomic E-state index is 0.0391. The normalized spacial score (nSPS) is 15.6. The third-order valence-corrected chi connectivity index (χ3v) is 5.22. The van der Waals surface area contributed by atoms with Gasteiger partial charge in [-0.2, -0.15) is 0 Å². The number of nitrogens with one attached hydrogen (secondary N) is 2. The number of aromatic amines is 1. The van der Waals surface area contributed by atoms with Gasteiger partial charge in [0.2, 0.25) is 5.91 Å². The number of likely N-dealkylation sites (tertiary alicyclic amines) is 1. The first-order valence-electron chi connectivity index (χ1n) is 10.1. The van der Waals surface area contributed by atoms with Crippen LogP contribution in [0.5, 0.6) is 0 Å². The molecule has 1 aliphatic rings. The number of carbonyl (C=O) groups excluding carboxylic acids is 2. The Morgan fingerprint density at radius 2 is 1.89 bits per heavy atom. The van der Waals surface area contributed by atoms with Crippen LogP contribution in [-0.2, 0) is 16.0 Å². The fourth-order valence-electron chi connectivity index (χ4n) is 3.76. The Kier molecular flexibility index (Phi) is 5.96. The van der Waals surface area contributed by atoms with Gasteiger partial charge in [0, 0.05) is 42.1 Å². The zero-order chi connectivity index (χ0) is 20.3. The average Bonchev–Trinajstić information content (AvgIpc) is 2.96. The third kappa shape index (κ3) is 4.86. The number of aryl methyl sites for hydroxylation is 1. The van der Waals surface area contributed by atoms with Crippen LogP contribution >= 0.6 is 0 Å². The topological polar surface area (TPSA) is 74.4 Å². The van der Waals surface area contributed by atoms with Crippen molar-refractivity contribution in [2.24, 2.45) is 5.92 Å². The highest BCUT2D eigenvalue weighted by atomic mass is 16.6. The molecular formula is C22H31N3O3. The van der Waals surface area contributed by atoms with Crippen LogP contribution in [-0.4, -0.2) is 47.1 Å². The summed E-state index contributed by atoms with van der Waals surface area (Å²) in [5.41, 5.74) is 3.05. The molecule has 1 aromatic heterocycles. The van der Waals surface area contributed by atoms with Crippen molar-refractivity contribution in [1.82, 2.24) is 15.2 Å². The second-order valence-electron chi connectivity index (χ2n) is 8.56. The summed E-state index contributed by atoms with van der Waals surface area (Å²) < 4.78 is 5.41. The van der Waals surface area contributed by atoms with E-state index < -0.39 is 5.60 Å². The summed E-state index contributed by atoms with van der Waals surface area (Å²) in [6.07, 6.45) is 1.87. The second kappa shape index (κ2) is 8.25. The summed E-state index contributed by atoms with van der Waals surface area (Å²) in [5, 5.41) is 4.30. The van der Waals surface area contributed by atoms with E-state index in [1.54, 1.807) is 4.90 Å². The molecule has 1 aliphatic heterocycles. The van der Waals surface area contributed by atoms with Crippen molar-refractivity contribution in [3.63, 3.8) is 0 Å². The summed E-state index contributed by atoms with van der Waals surface area (Å²) in [6.45, 7) is 9.40. The molecule has 2 amide bonds. The number of aromatic nitrogens is 1. The molecule has 0 radical (unpaired) electrons. The van der Waals surface area contributed by atoms with Crippen molar-refractivity contribution in [2.75, 3.05) is 19.6 Å². The van der Waals surface area contributed by atoms with Crippen LogP contribution in [0.1, 0.15) is 44.9 Å². The van der Waals surface area contributed by atoms with E-state index in [2.05, 4.69) is 29.4 Å². The molecule has 6 nitrogen and oxygen atoms in total. The highest BCUT2D eigenvalue weighted by molar-refractivity contribution is 5.84. The number of rotatable bonds is 4. The van der Waals surface area contributed by atoms with Gasteiger partial charge >= 0.3 is 6.09 Å². The first-order valence-corrected chi connectivity index (χ1v) is 10.1. The van der Waals surface area contributed by atoms with E-state index in [1.807, 2.05) is 32.9 Å². The van der Waals surface area contributed by atoms with E-state index in [-0.39, 0.29) is 17.9 Å². The van der Waals surface area contributed by atoms with Gasteiger partial charge in [-0.3, -0.25) is 4.79 Å². The van der Waals surface area contributed by atoms with Crippen LogP contribution in [0.3, 0.4) is 0 Å². The maximum Gasteiger partial charge on any atom is 0.410 e. The van der Waals surface area contributed by atoms with E-state index in [1.165, 1.54) is 10.9 Å². The Bertz CT molecular complexity index is 842. The van der Waals surface area contributed by atoms with Gasteiger partial charge in [-0.1, -0.05) is 18.2 Å². The van der Waals surface area contributed by atoms with E-state index in [0.29, 0.717) is 32.5 Å². The molecule has 2 heterocycles. The van der Waals surface area contributed by atoms with Crippen molar-refractivity contribution >= 4 is 22.9 Å². The lowest BCUT2D eigenvalue weighted by Crippen LogP contribution is -2.45. The average molecular weight is 386 g/mol. The monoisotopic (exact) mass is 385 g/mol. The maximum absolute atomic E-state index is 12.5. The van der Waals surface area contributed by atoms with E-state index in [9.17, 15) is 9.59 Å². The number of carbonyl (C=O) groups is 2. The minimum Gasteiger partial charge on any atom is -0.444 e. The van der Waals surface area contributed by atoms with Crippen LogP contribution < -0.4 is 5.32 Å². The van der Waals surface area contributed by atoms with Gasteiger partial charge in [0.15, 0.2) is 0 Å². The van der Waals surface area contributed by atoms with Gasteiger partial charge in [-0.15, -0.1) is 0 Å². The van der Waals surface area contributed by atoms with Gasteiger partial charge in [-0.05, 0) is 58.6 Å². The summed E-state index contributed by atoms with van der Waals surface area (Å²) in [4.78, 5) is 29.8. The molecule has 6 heteroatoms.